The van der Waals surface area contributed by atoms with E-state index >= 15 is 0 Å². The second kappa shape index (κ2) is 14.4. The molecule has 0 aromatic heterocycles. The number of rotatable bonds is 12. The predicted octanol–water partition coefficient (Wildman–Crippen LogP) is 5.81. The zero-order valence-electron chi connectivity index (χ0n) is 23.5. The van der Waals surface area contributed by atoms with Crippen molar-refractivity contribution in [3.8, 4) is 11.5 Å². The number of methoxy groups -OCH3 is 1. The molecule has 0 radical (unpaired) electrons. The molecule has 4 rings (SSSR count). The summed E-state index contributed by atoms with van der Waals surface area (Å²) in [6.45, 7) is 4.39. The SMILES string of the molecule is COc1c(OCC(=O)NCCCOC(C)C)cccc1C1SC(c2ccc(F)cc2)=NN1C(=O)c1c(F)cc(F)cc1F. The van der Waals surface area contributed by atoms with Gasteiger partial charge in [-0.25, -0.2) is 22.6 Å². The smallest absolute Gasteiger partial charge is 0.281 e. The zero-order chi connectivity index (χ0) is 31.1. The first-order valence-electron chi connectivity index (χ1n) is 13.3. The molecule has 228 valence electrons. The summed E-state index contributed by atoms with van der Waals surface area (Å²) in [6.07, 6.45) is 0.714. The summed E-state index contributed by atoms with van der Waals surface area (Å²) in [5.74, 6) is -5.73. The topological polar surface area (TPSA) is 89.5 Å². The number of thioether (sulfide) groups is 1. The Labute approximate surface area is 250 Å². The van der Waals surface area contributed by atoms with Crippen molar-refractivity contribution in [3.63, 3.8) is 0 Å². The van der Waals surface area contributed by atoms with Crippen molar-refractivity contribution in [2.45, 2.75) is 31.7 Å². The molecule has 0 fully saturated rings. The third kappa shape index (κ3) is 7.85. The Bertz CT molecular complexity index is 1480. The number of carbonyl (C=O) groups is 2. The maximum atomic E-state index is 14.6. The molecule has 3 aromatic rings. The Morgan fingerprint density at radius 2 is 1.72 bits per heavy atom. The molecule has 0 saturated carbocycles. The largest absolute Gasteiger partial charge is 0.492 e. The second-order valence-electron chi connectivity index (χ2n) is 9.57. The number of benzene rings is 3. The fourth-order valence-electron chi connectivity index (χ4n) is 4.13. The molecule has 0 spiro atoms. The lowest BCUT2D eigenvalue weighted by Crippen LogP contribution is -2.30. The lowest BCUT2D eigenvalue weighted by molar-refractivity contribution is -0.123. The summed E-state index contributed by atoms with van der Waals surface area (Å²) in [5.41, 5.74) is -0.236. The number of nitrogens with one attached hydrogen (secondary N) is 1. The van der Waals surface area contributed by atoms with Crippen LogP contribution in [-0.2, 0) is 9.53 Å². The van der Waals surface area contributed by atoms with Crippen LogP contribution in [0.5, 0.6) is 11.5 Å². The number of carbonyl (C=O) groups excluding carboxylic acids is 2. The van der Waals surface area contributed by atoms with Crippen LogP contribution in [-0.4, -0.2) is 54.8 Å². The molecule has 0 bridgehead atoms. The van der Waals surface area contributed by atoms with Gasteiger partial charge in [0.15, 0.2) is 18.1 Å². The van der Waals surface area contributed by atoms with Gasteiger partial charge in [0.25, 0.3) is 11.8 Å². The van der Waals surface area contributed by atoms with E-state index in [1.54, 1.807) is 18.2 Å². The van der Waals surface area contributed by atoms with E-state index in [-0.39, 0.29) is 35.2 Å². The summed E-state index contributed by atoms with van der Waals surface area (Å²) in [5, 5.41) is 7.09. The van der Waals surface area contributed by atoms with Gasteiger partial charge in [0.2, 0.25) is 0 Å². The first-order chi connectivity index (χ1) is 20.6. The fourth-order valence-corrected chi connectivity index (χ4v) is 5.30. The minimum absolute atomic E-state index is 0.0916. The van der Waals surface area contributed by atoms with E-state index in [9.17, 15) is 27.2 Å². The Balaban J connectivity index is 1.61. The van der Waals surface area contributed by atoms with Crippen molar-refractivity contribution in [1.82, 2.24) is 10.3 Å². The molecule has 1 aliphatic rings. The van der Waals surface area contributed by atoms with E-state index in [2.05, 4.69) is 10.4 Å². The summed E-state index contributed by atoms with van der Waals surface area (Å²) in [7, 11) is 1.35. The first kappa shape index (κ1) is 31.8. The molecule has 8 nitrogen and oxygen atoms in total. The molecule has 13 heteroatoms. The lowest BCUT2D eigenvalue weighted by atomic mass is 10.1. The minimum atomic E-state index is -1.40. The highest BCUT2D eigenvalue weighted by Crippen LogP contribution is 2.47. The number of hydrogen-bond acceptors (Lipinski definition) is 7. The summed E-state index contributed by atoms with van der Waals surface area (Å²) < 4.78 is 73.2. The molecule has 1 heterocycles. The monoisotopic (exact) mass is 619 g/mol. The van der Waals surface area contributed by atoms with Gasteiger partial charge < -0.3 is 19.5 Å². The fraction of sp³-hybridized carbons (Fsp3) is 0.300. The van der Waals surface area contributed by atoms with E-state index in [1.807, 2.05) is 13.8 Å². The highest BCUT2D eigenvalue weighted by molar-refractivity contribution is 8.14. The Morgan fingerprint density at radius 1 is 1.02 bits per heavy atom. The van der Waals surface area contributed by atoms with Crippen LogP contribution in [0.15, 0.2) is 59.7 Å². The van der Waals surface area contributed by atoms with Crippen molar-refractivity contribution in [1.29, 1.82) is 0 Å². The van der Waals surface area contributed by atoms with Gasteiger partial charge in [-0.3, -0.25) is 9.59 Å². The quantitative estimate of drug-likeness (QED) is 0.203. The van der Waals surface area contributed by atoms with Crippen molar-refractivity contribution in [3.05, 3.63) is 94.6 Å². The first-order valence-corrected chi connectivity index (χ1v) is 14.1. The molecule has 43 heavy (non-hydrogen) atoms. The van der Waals surface area contributed by atoms with E-state index in [1.165, 1.54) is 31.4 Å². The molecule has 2 amide bonds. The standard InChI is InChI=1S/C30H29F4N3O5S/c1-17(2)41-13-5-12-35-25(38)16-42-24-7-4-6-21(27(24)40-3)30-37(29(39)26-22(33)14-20(32)15-23(26)34)36-28(43-30)18-8-10-19(31)11-9-18/h4,6-11,14-15,17,30H,5,12-13,16H2,1-3H3,(H,35,38). The molecule has 0 aliphatic carbocycles. The van der Waals surface area contributed by atoms with Crippen LogP contribution in [0.3, 0.4) is 0 Å². The number of hydrazone groups is 1. The molecular formula is C30H29F4N3O5S. The number of nitrogens with zero attached hydrogens (tertiary/aromatic N) is 2. The van der Waals surface area contributed by atoms with Crippen LogP contribution >= 0.6 is 11.8 Å². The highest BCUT2D eigenvalue weighted by Gasteiger charge is 2.39. The van der Waals surface area contributed by atoms with Crippen LogP contribution in [0.1, 0.15) is 47.1 Å². The Morgan fingerprint density at radius 3 is 2.37 bits per heavy atom. The molecule has 1 aliphatic heterocycles. The molecule has 0 saturated heterocycles. The third-order valence-electron chi connectivity index (χ3n) is 6.10. The highest BCUT2D eigenvalue weighted by atomic mass is 32.2. The van der Waals surface area contributed by atoms with E-state index in [0.717, 1.165) is 16.8 Å². The Kier molecular flexibility index (Phi) is 10.6. The number of amides is 2. The van der Waals surface area contributed by atoms with Crippen LogP contribution < -0.4 is 14.8 Å². The lowest BCUT2D eigenvalue weighted by Gasteiger charge is -2.24. The van der Waals surface area contributed by atoms with Crippen LogP contribution in [0.4, 0.5) is 17.6 Å². The molecule has 3 aromatic carbocycles. The molecule has 1 N–H and O–H groups in total. The van der Waals surface area contributed by atoms with Gasteiger partial charge in [0.1, 0.15) is 39.2 Å². The average Bonchev–Trinajstić information content (AvgIpc) is 3.40. The van der Waals surface area contributed by atoms with Crippen molar-refractivity contribution in [2.75, 3.05) is 26.9 Å². The van der Waals surface area contributed by atoms with Gasteiger partial charge in [-0.1, -0.05) is 23.9 Å². The molecular weight excluding hydrogens is 590 g/mol. The van der Waals surface area contributed by atoms with Gasteiger partial charge >= 0.3 is 0 Å². The summed E-state index contributed by atoms with van der Waals surface area (Å²) in [4.78, 5) is 25.9. The summed E-state index contributed by atoms with van der Waals surface area (Å²) in [6, 6.07) is 10.8. The number of para-hydroxylation sites is 1. The van der Waals surface area contributed by atoms with Crippen LogP contribution in [0.25, 0.3) is 0 Å². The molecule has 1 atom stereocenters. The minimum Gasteiger partial charge on any atom is -0.492 e. The number of hydrogen-bond donors (Lipinski definition) is 1. The predicted molar refractivity (Wildman–Crippen MR) is 153 cm³/mol. The zero-order valence-corrected chi connectivity index (χ0v) is 24.4. The molecule has 1 unspecified atom stereocenters. The van der Waals surface area contributed by atoms with Crippen molar-refractivity contribution >= 4 is 28.6 Å². The van der Waals surface area contributed by atoms with E-state index < -0.39 is 40.1 Å². The third-order valence-corrected chi connectivity index (χ3v) is 7.31. The Hall–Kier alpha value is -4.10. The van der Waals surface area contributed by atoms with Gasteiger partial charge in [-0.05, 0) is 50.6 Å². The van der Waals surface area contributed by atoms with E-state index in [0.29, 0.717) is 42.8 Å². The number of ether oxygens (including phenoxy) is 3. The van der Waals surface area contributed by atoms with Crippen LogP contribution in [0, 0.1) is 23.3 Å². The summed E-state index contributed by atoms with van der Waals surface area (Å²) >= 11 is 1.04. The van der Waals surface area contributed by atoms with E-state index in [4.69, 9.17) is 14.2 Å². The number of halogens is 4. The van der Waals surface area contributed by atoms with Gasteiger partial charge in [0.05, 0.1) is 13.2 Å². The average molecular weight is 620 g/mol. The van der Waals surface area contributed by atoms with Gasteiger partial charge in [-0.2, -0.15) is 5.10 Å². The second-order valence-corrected chi connectivity index (χ2v) is 10.6. The van der Waals surface area contributed by atoms with Crippen LogP contribution in [0.2, 0.25) is 0 Å². The van der Waals surface area contributed by atoms with Crippen molar-refractivity contribution < 1.29 is 41.4 Å². The van der Waals surface area contributed by atoms with Gasteiger partial charge in [-0.15, -0.1) is 0 Å². The maximum Gasteiger partial charge on any atom is 0.281 e. The normalized spacial score (nSPS) is 14.6. The maximum absolute atomic E-state index is 14.6. The van der Waals surface area contributed by atoms with Crippen molar-refractivity contribution in [2.24, 2.45) is 5.10 Å². The van der Waals surface area contributed by atoms with Gasteiger partial charge in [0, 0.05) is 36.4 Å².